The van der Waals surface area contributed by atoms with E-state index in [2.05, 4.69) is 74.4 Å². The lowest BCUT2D eigenvalue weighted by atomic mass is 10.1. The molecular weight excluding hydrogens is 378 g/mol. The number of halogens is 2. The van der Waals surface area contributed by atoms with Crippen LogP contribution < -0.4 is 0 Å². The van der Waals surface area contributed by atoms with Gasteiger partial charge in [0.25, 0.3) is 0 Å². The molecule has 1 aromatic carbocycles. The molecule has 0 radical (unpaired) electrons. The maximum absolute atomic E-state index is 4.20. The van der Waals surface area contributed by atoms with E-state index >= 15 is 0 Å². The molecular formula is C8H6I2N2. The second kappa shape index (κ2) is 3.13. The predicted octanol–water partition coefficient (Wildman–Crippen LogP) is 3.08. The third kappa shape index (κ3) is 1.34. The number of fused-ring (bicyclic) bond motifs is 1. The maximum atomic E-state index is 4.20. The van der Waals surface area contributed by atoms with Crippen molar-refractivity contribution in [1.82, 2.24) is 10.2 Å². The molecule has 0 aliphatic heterocycles. The van der Waals surface area contributed by atoms with Gasteiger partial charge in [-0.25, -0.2) is 0 Å². The number of rotatable bonds is 0. The van der Waals surface area contributed by atoms with Crippen LogP contribution in [-0.2, 0) is 0 Å². The summed E-state index contributed by atoms with van der Waals surface area (Å²) < 4.78 is 2.36. The summed E-state index contributed by atoms with van der Waals surface area (Å²) in [7, 11) is 0. The van der Waals surface area contributed by atoms with Gasteiger partial charge in [-0.05, 0) is 69.8 Å². The van der Waals surface area contributed by atoms with Crippen LogP contribution in [0.2, 0.25) is 0 Å². The van der Waals surface area contributed by atoms with Gasteiger partial charge in [0.1, 0.15) is 3.70 Å². The lowest BCUT2D eigenvalue weighted by Crippen LogP contribution is -1.79. The number of aryl methyl sites for hydroxylation is 1. The summed E-state index contributed by atoms with van der Waals surface area (Å²) in [5.74, 6) is 0. The molecule has 0 saturated carbocycles. The number of H-pyrrole nitrogens is 1. The van der Waals surface area contributed by atoms with Crippen LogP contribution in [0, 0.1) is 14.2 Å². The smallest absolute Gasteiger partial charge is 0.104 e. The van der Waals surface area contributed by atoms with Crippen LogP contribution in [0.15, 0.2) is 12.1 Å². The highest BCUT2D eigenvalue weighted by molar-refractivity contribution is 14.1. The summed E-state index contributed by atoms with van der Waals surface area (Å²) >= 11 is 4.58. The quantitative estimate of drug-likeness (QED) is 0.696. The van der Waals surface area contributed by atoms with E-state index in [4.69, 9.17) is 0 Å². The third-order valence-corrected chi connectivity index (χ3v) is 3.18. The van der Waals surface area contributed by atoms with E-state index in [0.29, 0.717) is 0 Å². The fourth-order valence-corrected chi connectivity index (χ4v) is 2.85. The first-order valence-electron chi connectivity index (χ1n) is 3.48. The Hall–Kier alpha value is 0.150. The van der Waals surface area contributed by atoms with E-state index in [0.717, 1.165) is 9.22 Å². The van der Waals surface area contributed by atoms with E-state index in [-0.39, 0.29) is 0 Å². The molecule has 1 aromatic heterocycles. The van der Waals surface area contributed by atoms with Crippen LogP contribution in [0.25, 0.3) is 10.9 Å². The molecule has 4 heteroatoms. The van der Waals surface area contributed by atoms with E-state index < -0.39 is 0 Å². The minimum Gasteiger partial charge on any atom is -0.271 e. The molecule has 12 heavy (non-hydrogen) atoms. The standard InChI is InChI=1S/C8H6I2N2/c1-4-2-5(9)3-6-7(4)8(10)12-11-6/h2-3H,1H3,(H,11,12). The van der Waals surface area contributed by atoms with Gasteiger partial charge >= 0.3 is 0 Å². The number of benzene rings is 1. The van der Waals surface area contributed by atoms with Gasteiger partial charge in [-0.1, -0.05) is 0 Å². The van der Waals surface area contributed by atoms with Gasteiger partial charge in [0, 0.05) is 8.96 Å². The summed E-state index contributed by atoms with van der Waals surface area (Å²) in [5.41, 5.74) is 2.35. The summed E-state index contributed by atoms with van der Waals surface area (Å²) in [6, 6.07) is 4.25. The Bertz CT molecular complexity index is 434. The van der Waals surface area contributed by atoms with E-state index in [9.17, 15) is 0 Å². The Morgan fingerprint density at radius 1 is 1.33 bits per heavy atom. The molecule has 2 nitrogen and oxygen atoms in total. The van der Waals surface area contributed by atoms with Gasteiger partial charge < -0.3 is 0 Å². The topological polar surface area (TPSA) is 28.7 Å². The zero-order valence-corrected chi connectivity index (χ0v) is 10.7. The van der Waals surface area contributed by atoms with Crippen LogP contribution in [0.4, 0.5) is 0 Å². The van der Waals surface area contributed by atoms with Gasteiger partial charge in [0.05, 0.1) is 5.52 Å². The minimum absolute atomic E-state index is 1.06. The van der Waals surface area contributed by atoms with Crippen LogP contribution in [0.5, 0.6) is 0 Å². The molecule has 2 rings (SSSR count). The zero-order valence-electron chi connectivity index (χ0n) is 6.36. The molecule has 0 aliphatic rings. The number of hydrogen-bond donors (Lipinski definition) is 1. The highest BCUT2D eigenvalue weighted by atomic mass is 127. The Kier molecular flexibility index (Phi) is 2.28. The van der Waals surface area contributed by atoms with Crippen molar-refractivity contribution in [3.05, 3.63) is 25.0 Å². The first kappa shape index (κ1) is 8.74. The molecule has 1 heterocycles. The Morgan fingerprint density at radius 3 is 2.83 bits per heavy atom. The van der Waals surface area contributed by atoms with Crippen LogP contribution in [-0.4, -0.2) is 10.2 Å². The average Bonchev–Trinajstić information content (AvgIpc) is 2.31. The average molecular weight is 384 g/mol. The Balaban J connectivity index is 2.93. The third-order valence-electron chi connectivity index (χ3n) is 1.77. The number of aromatic amines is 1. The molecule has 1 N–H and O–H groups in total. The van der Waals surface area contributed by atoms with Gasteiger partial charge in [-0.15, -0.1) is 0 Å². The summed E-state index contributed by atoms with van der Waals surface area (Å²) in [6.45, 7) is 2.11. The van der Waals surface area contributed by atoms with Gasteiger partial charge in [-0.2, -0.15) is 5.10 Å². The van der Waals surface area contributed by atoms with Crippen molar-refractivity contribution in [3.8, 4) is 0 Å². The zero-order chi connectivity index (χ0) is 8.72. The fraction of sp³-hybridized carbons (Fsp3) is 0.125. The highest BCUT2D eigenvalue weighted by Crippen LogP contribution is 2.23. The molecule has 0 fully saturated rings. The number of nitrogens with one attached hydrogen (secondary N) is 1. The number of hydrogen-bond acceptors (Lipinski definition) is 1. The van der Waals surface area contributed by atoms with Crippen LogP contribution in [0.1, 0.15) is 5.56 Å². The minimum atomic E-state index is 1.06. The molecule has 0 bridgehead atoms. The van der Waals surface area contributed by atoms with Crippen molar-refractivity contribution in [2.45, 2.75) is 6.92 Å². The van der Waals surface area contributed by atoms with Crippen molar-refractivity contribution in [1.29, 1.82) is 0 Å². The lowest BCUT2D eigenvalue weighted by Gasteiger charge is -1.96. The van der Waals surface area contributed by atoms with Crippen molar-refractivity contribution < 1.29 is 0 Å². The maximum Gasteiger partial charge on any atom is 0.104 e. The van der Waals surface area contributed by atoms with E-state index in [1.54, 1.807) is 0 Å². The summed E-state index contributed by atoms with van der Waals surface area (Å²) in [6.07, 6.45) is 0. The van der Waals surface area contributed by atoms with Gasteiger partial charge in [0.2, 0.25) is 0 Å². The molecule has 0 spiro atoms. The SMILES string of the molecule is Cc1cc(I)cc2n[nH]c(I)c12. The first-order valence-corrected chi connectivity index (χ1v) is 5.64. The molecule has 0 saturated heterocycles. The van der Waals surface area contributed by atoms with Crippen molar-refractivity contribution in [2.75, 3.05) is 0 Å². The highest BCUT2D eigenvalue weighted by Gasteiger charge is 2.05. The van der Waals surface area contributed by atoms with E-state index in [1.165, 1.54) is 14.5 Å². The van der Waals surface area contributed by atoms with Crippen molar-refractivity contribution in [3.63, 3.8) is 0 Å². The monoisotopic (exact) mass is 384 g/mol. The molecule has 0 aliphatic carbocycles. The number of aromatic nitrogens is 2. The summed E-state index contributed by atoms with van der Waals surface area (Å²) in [5, 5.41) is 8.43. The molecule has 62 valence electrons. The number of nitrogens with zero attached hydrogens (tertiary/aromatic N) is 1. The normalized spacial score (nSPS) is 10.9. The summed E-state index contributed by atoms with van der Waals surface area (Å²) in [4.78, 5) is 0. The Morgan fingerprint density at radius 2 is 2.08 bits per heavy atom. The largest absolute Gasteiger partial charge is 0.271 e. The first-order chi connectivity index (χ1) is 5.68. The molecule has 0 atom stereocenters. The van der Waals surface area contributed by atoms with Crippen LogP contribution >= 0.6 is 45.2 Å². The second-order valence-corrected chi connectivity index (χ2v) is 4.98. The van der Waals surface area contributed by atoms with Crippen LogP contribution in [0.3, 0.4) is 0 Å². The van der Waals surface area contributed by atoms with Crippen molar-refractivity contribution in [2.24, 2.45) is 0 Å². The van der Waals surface area contributed by atoms with Gasteiger partial charge in [0.15, 0.2) is 0 Å². The second-order valence-electron chi connectivity index (χ2n) is 2.65. The molecule has 0 unspecified atom stereocenters. The van der Waals surface area contributed by atoms with Crippen molar-refractivity contribution >= 4 is 56.1 Å². The molecule has 2 aromatic rings. The fourth-order valence-electron chi connectivity index (χ4n) is 1.26. The predicted molar refractivity (Wildman–Crippen MR) is 66.3 cm³/mol. The van der Waals surface area contributed by atoms with E-state index in [1.807, 2.05) is 0 Å². The van der Waals surface area contributed by atoms with Gasteiger partial charge in [-0.3, -0.25) is 5.10 Å². The molecule has 0 amide bonds. The lowest BCUT2D eigenvalue weighted by molar-refractivity contribution is 1.09. The Labute approximate surface area is 97.4 Å².